The highest BCUT2D eigenvalue weighted by Crippen LogP contribution is 2.41. The van der Waals surface area contributed by atoms with E-state index in [4.69, 9.17) is 39.4 Å². The summed E-state index contributed by atoms with van der Waals surface area (Å²) in [5, 5.41) is 2.83. The number of rotatable bonds is 8. The van der Waals surface area contributed by atoms with E-state index < -0.39 is 18.6 Å². The maximum Gasteiger partial charge on any atom is 0.274 e. The third-order valence-corrected chi connectivity index (χ3v) is 5.86. The first-order chi connectivity index (χ1) is 16.2. The Hall–Kier alpha value is -3.30. The number of aryl methyl sites for hydroxylation is 1. The van der Waals surface area contributed by atoms with Crippen LogP contribution in [-0.2, 0) is 4.79 Å². The summed E-state index contributed by atoms with van der Waals surface area (Å²) >= 11 is 11.8. The van der Waals surface area contributed by atoms with Gasteiger partial charge >= 0.3 is 0 Å². The average Bonchev–Trinajstić information content (AvgIpc) is 3.59. The van der Waals surface area contributed by atoms with Crippen LogP contribution in [0.2, 0.25) is 10.0 Å². The van der Waals surface area contributed by atoms with Crippen LogP contribution in [0.5, 0.6) is 5.75 Å². The predicted octanol–water partition coefficient (Wildman–Crippen LogP) is 4.34. The number of nitrogens with two attached hydrogens (primary N) is 2. The van der Waals surface area contributed by atoms with Gasteiger partial charge in [-0.3, -0.25) is 14.3 Å². The Morgan fingerprint density at radius 3 is 2.71 bits per heavy atom. The number of halogens is 3. The summed E-state index contributed by atoms with van der Waals surface area (Å²) in [4.78, 5) is 21.2. The summed E-state index contributed by atoms with van der Waals surface area (Å²) in [5.41, 5.74) is 13.2. The first-order valence-corrected chi connectivity index (χ1v) is 11.3. The number of hydrogen-bond donors (Lipinski definition) is 3. The van der Waals surface area contributed by atoms with Gasteiger partial charge in [0, 0.05) is 6.20 Å². The summed E-state index contributed by atoms with van der Waals surface area (Å²) < 4.78 is 22.0. The largest absolute Gasteiger partial charge is 0.439 e. The molecule has 2 aromatic heterocycles. The number of pyridine rings is 1. The van der Waals surface area contributed by atoms with E-state index in [0.717, 1.165) is 18.4 Å². The van der Waals surface area contributed by atoms with Crippen molar-refractivity contribution in [2.75, 3.05) is 12.3 Å². The number of imidazole rings is 1. The molecule has 1 amide bonds. The van der Waals surface area contributed by atoms with Crippen LogP contribution in [0, 0.1) is 6.92 Å². The molecule has 4 rings (SSSR count). The van der Waals surface area contributed by atoms with Gasteiger partial charge in [0.15, 0.2) is 11.9 Å². The number of aromatic nitrogens is 3. The number of ether oxygens (including phenoxy) is 1. The molecule has 5 N–H and O–H groups in total. The monoisotopic (exact) mass is 504 g/mol. The van der Waals surface area contributed by atoms with Crippen molar-refractivity contribution in [1.82, 2.24) is 19.9 Å². The Kier molecular flexibility index (Phi) is 6.95. The van der Waals surface area contributed by atoms with Gasteiger partial charge in [0.05, 0.1) is 28.5 Å². The molecule has 0 saturated heterocycles. The van der Waals surface area contributed by atoms with Crippen LogP contribution < -0.4 is 21.5 Å². The number of hydrogen-bond acceptors (Lipinski definition) is 6. The number of alkyl halides is 1. The van der Waals surface area contributed by atoms with E-state index in [2.05, 4.69) is 15.3 Å². The van der Waals surface area contributed by atoms with Crippen LogP contribution in [-0.4, -0.2) is 27.0 Å². The van der Waals surface area contributed by atoms with Crippen LogP contribution in [0.3, 0.4) is 0 Å². The summed E-state index contributed by atoms with van der Waals surface area (Å²) in [6, 6.07) is 8.89. The Bertz CT molecular complexity index is 1240. The molecular weight excluding hydrogens is 482 g/mol. The minimum absolute atomic E-state index is 0.0451. The zero-order valence-corrected chi connectivity index (χ0v) is 19.8. The average molecular weight is 505 g/mol. The van der Waals surface area contributed by atoms with Crippen molar-refractivity contribution in [3.05, 3.63) is 75.7 Å². The van der Waals surface area contributed by atoms with E-state index in [1.807, 2.05) is 18.2 Å². The zero-order chi connectivity index (χ0) is 24.4. The highest BCUT2D eigenvalue weighted by Gasteiger charge is 2.26. The van der Waals surface area contributed by atoms with E-state index in [1.54, 1.807) is 13.0 Å². The minimum Gasteiger partial charge on any atom is -0.439 e. The highest BCUT2D eigenvalue weighted by atomic mass is 35.5. The van der Waals surface area contributed by atoms with E-state index >= 15 is 0 Å². The van der Waals surface area contributed by atoms with Crippen LogP contribution in [0.1, 0.15) is 42.0 Å². The second kappa shape index (κ2) is 9.90. The second-order valence-corrected chi connectivity index (χ2v) is 8.77. The fourth-order valence-electron chi connectivity index (χ4n) is 3.52. The zero-order valence-electron chi connectivity index (χ0n) is 18.3. The lowest BCUT2D eigenvalue weighted by molar-refractivity contribution is -0.116. The molecule has 1 aliphatic rings. The number of nitrogens with zero attached hydrogens (tertiary/aromatic N) is 3. The highest BCUT2D eigenvalue weighted by molar-refractivity contribution is 6.34. The van der Waals surface area contributed by atoms with Crippen molar-refractivity contribution in [2.24, 2.45) is 5.73 Å². The Morgan fingerprint density at radius 1 is 1.29 bits per heavy atom. The van der Waals surface area contributed by atoms with Crippen molar-refractivity contribution in [2.45, 2.75) is 31.9 Å². The molecular formula is C23H23Cl2FN6O2. The van der Waals surface area contributed by atoms with E-state index in [9.17, 15) is 9.18 Å². The van der Waals surface area contributed by atoms with Crippen LogP contribution in [0.4, 0.5) is 10.2 Å². The molecule has 178 valence electrons. The molecule has 1 unspecified atom stereocenters. The molecule has 2 heterocycles. The minimum atomic E-state index is -1.69. The van der Waals surface area contributed by atoms with Gasteiger partial charge in [-0.1, -0.05) is 35.3 Å². The van der Waals surface area contributed by atoms with Gasteiger partial charge in [0.1, 0.15) is 17.4 Å². The molecule has 0 bridgehead atoms. The summed E-state index contributed by atoms with van der Waals surface area (Å²) in [7, 11) is 0. The first kappa shape index (κ1) is 23.8. The molecule has 34 heavy (non-hydrogen) atoms. The molecule has 1 aromatic carbocycles. The lowest BCUT2D eigenvalue weighted by atomic mass is 10.1. The van der Waals surface area contributed by atoms with Gasteiger partial charge in [0.25, 0.3) is 5.91 Å². The van der Waals surface area contributed by atoms with Crippen molar-refractivity contribution < 1.29 is 13.9 Å². The predicted molar refractivity (Wildman–Crippen MR) is 129 cm³/mol. The van der Waals surface area contributed by atoms with Gasteiger partial charge in [-0.15, -0.1) is 0 Å². The molecule has 1 aliphatic carbocycles. The smallest absolute Gasteiger partial charge is 0.274 e. The van der Waals surface area contributed by atoms with E-state index in [-0.39, 0.29) is 33.1 Å². The standard InChI is InChI=1S/C23H23Cl2FN6O2/c1-12-29-11-19(27)32(12)21(22(28)34-16-4-2-3-14(7-16)13-5-6-13)23(33)31-10-18(26)20-17(25)8-15(24)9-30-20/h2-4,7-9,11,13,18H,5-6,10,27-28H2,1H3,(H,31,33)/b22-21+. The normalized spacial score (nSPS) is 14.9. The number of amides is 1. The van der Waals surface area contributed by atoms with Gasteiger partial charge in [-0.25, -0.2) is 9.37 Å². The molecule has 0 aliphatic heterocycles. The van der Waals surface area contributed by atoms with Crippen LogP contribution in [0.15, 0.2) is 48.6 Å². The lowest BCUT2D eigenvalue weighted by Crippen LogP contribution is -2.33. The summed E-state index contributed by atoms with van der Waals surface area (Å²) in [6.07, 6.45) is 3.24. The fourth-order valence-corrected chi connectivity index (χ4v) is 4.02. The van der Waals surface area contributed by atoms with E-state index in [1.165, 1.54) is 23.0 Å². The molecule has 8 nitrogen and oxygen atoms in total. The number of carbonyl (C=O) groups excluding carboxylic acids is 1. The van der Waals surface area contributed by atoms with Crippen molar-refractivity contribution in [3.8, 4) is 5.75 Å². The molecule has 1 fully saturated rings. The van der Waals surface area contributed by atoms with Crippen molar-refractivity contribution >= 4 is 40.6 Å². The maximum atomic E-state index is 14.8. The molecule has 1 saturated carbocycles. The summed E-state index contributed by atoms with van der Waals surface area (Å²) in [5.74, 6) is 0.634. The number of anilines is 1. The molecule has 3 aromatic rings. The van der Waals surface area contributed by atoms with Crippen LogP contribution in [0.25, 0.3) is 5.70 Å². The fraction of sp³-hybridized carbons (Fsp3) is 0.261. The lowest BCUT2D eigenvalue weighted by Gasteiger charge is -2.17. The third-order valence-electron chi connectivity index (χ3n) is 5.35. The van der Waals surface area contributed by atoms with Crippen LogP contribution >= 0.6 is 23.2 Å². The first-order valence-electron chi connectivity index (χ1n) is 10.6. The number of benzene rings is 1. The third kappa shape index (κ3) is 5.26. The molecule has 1 atom stereocenters. The van der Waals surface area contributed by atoms with Gasteiger partial charge in [-0.2, -0.15) is 0 Å². The van der Waals surface area contributed by atoms with Crippen molar-refractivity contribution in [1.29, 1.82) is 0 Å². The van der Waals surface area contributed by atoms with Gasteiger partial charge in [-0.05, 0) is 49.4 Å². The van der Waals surface area contributed by atoms with Crippen molar-refractivity contribution in [3.63, 3.8) is 0 Å². The summed E-state index contributed by atoms with van der Waals surface area (Å²) in [6.45, 7) is 1.23. The Morgan fingerprint density at radius 2 is 2.06 bits per heavy atom. The number of nitrogen functional groups attached to an aromatic ring is 1. The van der Waals surface area contributed by atoms with E-state index in [0.29, 0.717) is 17.5 Å². The second-order valence-electron chi connectivity index (χ2n) is 7.93. The van der Waals surface area contributed by atoms with Gasteiger partial charge < -0.3 is 21.5 Å². The Balaban J connectivity index is 1.59. The number of carbonyl (C=O) groups is 1. The molecule has 0 spiro atoms. The topological polar surface area (TPSA) is 121 Å². The quantitative estimate of drug-likeness (QED) is 0.309. The SMILES string of the molecule is Cc1ncc(N)n1/C(C(=O)NCC(F)c1ncc(Cl)cc1Cl)=C(\N)Oc1cccc(C2CC2)c1. The molecule has 11 heteroatoms. The van der Waals surface area contributed by atoms with Gasteiger partial charge in [0.2, 0.25) is 5.88 Å². The Labute approximate surface area is 205 Å². The number of nitrogens with one attached hydrogen (secondary N) is 1. The maximum absolute atomic E-state index is 14.8. The molecule has 0 radical (unpaired) electrons.